The average Bonchev–Trinajstić information content (AvgIpc) is 2.32. The second kappa shape index (κ2) is 5.30. The molecule has 0 radical (unpaired) electrons. The summed E-state index contributed by atoms with van der Waals surface area (Å²) in [6, 6.07) is 6.37. The first-order valence-electron chi connectivity index (χ1n) is 6.27. The van der Waals surface area contributed by atoms with Gasteiger partial charge in [0.15, 0.2) is 9.84 Å². The topological polar surface area (TPSA) is 89.3 Å². The lowest BCUT2D eigenvalue weighted by Gasteiger charge is -2.26. The number of nitrogens with two attached hydrogens (primary N) is 1. The summed E-state index contributed by atoms with van der Waals surface area (Å²) < 4.78 is 23.9. The number of carbonyl (C=O) groups excluding carboxylic acids is 1. The van der Waals surface area contributed by atoms with E-state index in [-0.39, 0.29) is 30.2 Å². The van der Waals surface area contributed by atoms with Gasteiger partial charge in [-0.15, -0.1) is 0 Å². The summed E-state index contributed by atoms with van der Waals surface area (Å²) in [4.78, 5) is 12.1. The lowest BCUT2D eigenvalue weighted by Crippen LogP contribution is -2.36. The van der Waals surface area contributed by atoms with Gasteiger partial charge >= 0.3 is 0 Å². The van der Waals surface area contributed by atoms with Crippen molar-refractivity contribution in [3.8, 4) is 0 Å². The van der Waals surface area contributed by atoms with E-state index in [1.807, 2.05) is 0 Å². The first kappa shape index (κ1) is 14.0. The molecule has 2 rings (SSSR count). The third kappa shape index (κ3) is 3.13. The number of nitrogens with one attached hydrogen (secondary N) is 1. The quantitative estimate of drug-likeness (QED) is 0.856. The molecular weight excluding hydrogens is 264 g/mol. The first-order valence-corrected chi connectivity index (χ1v) is 7.92. The summed E-state index contributed by atoms with van der Waals surface area (Å²) in [6.07, 6.45) is 0.648. The maximum atomic E-state index is 11.9. The zero-order chi connectivity index (χ0) is 14.0. The molecule has 0 bridgehead atoms. The van der Waals surface area contributed by atoms with Crippen LogP contribution in [0.4, 0.5) is 0 Å². The van der Waals surface area contributed by atoms with Crippen molar-refractivity contribution >= 4 is 15.7 Å². The number of benzene rings is 1. The molecule has 0 saturated heterocycles. The first-order chi connectivity index (χ1) is 8.90. The Balaban J connectivity index is 2.23. The molecule has 0 saturated carbocycles. The van der Waals surface area contributed by atoms with Gasteiger partial charge in [0.05, 0.1) is 16.7 Å². The fraction of sp³-hybridized carbons (Fsp3) is 0.462. The van der Waals surface area contributed by atoms with Gasteiger partial charge in [-0.1, -0.05) is 18.2 Å². The van der Waals surface area contributed by atoms with Crippen LogP contribution in [-0.2, 0) is 14.6 Å². The molecular formula is C13H18N2O3S. The van der Waals surface area contributed by atoms with E-state index in [0.717, 1.165) is 0 Å². The van der Waals surface area contributed by atoms with E-state index < -0.39 is 9.84 Å². The van der Waals surface area contributed by atoms with Crippen molar-refractivity contribution in [2.75, 3.05) is 5.75 Å². The van der Waals surface area contributed by atoms with E-state index in [0.29, 0.717) is 16.9 Å². The van der Waals surface area contributed by atoms with E-state index in [1.165, 1.54) is 0 Å². The molecule has 1 aliphatic heterocycles. The van der Waals surface area contributed by atoms with Crippen molar-refractivity contribution in [3.63, 3.8) is 0 Å². The van der Waals surface area contributed by atoms with Crippen molar-refractivity contribution in [1.82, 2.24) is 5.32 Å². The minimum absolute atomic E-state index is 0.0626. The fourth-order valence-corrected chi connectivity index (χ4v) is 3.91. The molecule has 2 unspecified atom stereocenters. The molecule has 6 heteroatoms. The van der Waals surface area contributed by atoms with Crippen LogP contribution < -0.4 is 11.1 Å². The van der Waals surface area contributed by atoms with E-state index >= 15 is 0 Å². The number of fused-ring (bicyclic) bond motifs is 1. The Morgan fingerprint density at radius 3 is 2.84 bits per heavy atom. The Kier molecular flexibility index (Phi) is 3.91. The lowest BCUT2D eigenvalue weighted by atomic mass is 10.0. The smallest absolute Gasteiger partial charge is 0.222 e. The summed E-state index contributed by atoms with van der Waals surface area (Å²) in [7, 11) is -3.21. The Morgan fingerprint density at radius 2 is 2.16 bits per heavy atom. The van der Waals surface area contributed by atoms with Crippen molar-refractivity contribution in [3.05, 3.63) is 29.8 Å². The predicted octanol–water partition coefficient (Wildman–Crippen LogP) is 0.759. The number of carbonyl (C=O) groups is 1. The minimum atomic E-state index is -3.21. The second-order valence-electron chi connectivity index (χ2n) is 4.95. The van der Waals surface area contributed by atoms with Gasteiger partial charge in [0.1, 0.15) is 0 Å². The summed E-state index contributed by atoms with van der Waals surface area (Å²) >= 11 is 0. The fourth-order valence-electron chi connectivity index (χ4n) is 2.29. The molecule has 0 spiro atoms. The molecule has 0 aliphatic carbocycles. The van der Waals surface area contributed by atoms with Crippen LogP contribution in [0.25, 0.3) is 0 Å². The number of hydrogen-bond donors (Lipinski definition) is 2. The third-order valence-corrected chi connectivity index (χ3v) is 4.96. The van der Waals surface area contributed by atoms with Gasteiger partial charge in [0.2, 0.25) is 5.91 Å². The van der Waals surface area contributed by atoms with Gasteiger partial charge in [-0.2, -0.15) is 0 Å². The highest BCUT2D eigenvalue weighted by molar-refractivity contribution is 7.91. The highest BCUT2D eigenvalue weighted by Crippen LogP contribution is 2.31. The van der Waals surface area contributed by atoms with Crippen molar-refractivity contribution in [2.24, 2.45) is 5.73 Å². The van der Waals surface area contributed by atoms with Crippen LogP contribution in [-0.4, -0.2) is 26.1 Å². The van der Waals surface area contributed by atoms with Crippen LogP contribution >= 0.6 is 0 Å². The molecule has 104 valence electrons. The van der Waals surface area contributed by atoms with E-state index in [1.54, 1.807) is 31.2 Å². The number of sulfone groups is 1. The summed E-state index contributed by atoms with van der Waals surface area (Å²) in [5.74, 6) is -0.0817. The number of rotatable bonds is 3. The van der Waals surface area contributed by atoms with E-state index in [2.05, 4.69) is 5.32 Å². The highest BCUT2D eigenvalue weighted by Gasteiger charge is 2.30. The van der Waals surface area contributed by atoms with Crippen LogP contribution in [0.15, 0.2) is 29.2 Å². The maximum Gasteiger partial charge on any atom is 0.222 e. The van der Waals surface area contributed by atoms with Crippen LogP contribution in [0.2, 0.25) is 0 Å². The Labute approximate surface area is 113 Å². The van der Waals surface area contributed by atoms with E-state index in [4.69, 9.17) is 5.73 Å². The van der Waals surface area contributed by atoms with Gasteiger partial charge < -0.3 is 11.1 Å². The molecule has 1 aromatic rings. The minimum Gasteiger partial charge on any atom is -0.349 e. The Hall–Kier alpha value is -1.40. The van der Waals surface area contributed by atoms with Gasteiger partial charge in [-0.25, -0.2) is 8.42 Å². The molecule has 3 N–H and O–H groups in total. The molecule has 1 amide bonds. The van der Waals surface area contributed by atoms with Gasteiger partial charge in [0, 0.05) is 12.5 Å². The molecule has 2 atom stereocenters. The zero-order valence-electron chi connectivity index (χ0n) is 10.8. The molecule has 5 nitrogen and oxygen atoms in total. The van der Waals surface area contributed by atoms with Crippen LogP contribution in [0.3, 0.4) is 0 Å². The van der Waals surface area contributed by atoms with E-state index in [9.17, 15) is 13.2 Å². The van der Waals surface area contributed by atoms with Crippen molar-refractivity contribution in [2.45, 2.75) is 36.7 Å². The highest BCUT2D eigenvalue weighted by atomic mass is 32.2. The van der Waals surface area contributed by atoms with Crippen molar-refractivity contribution < 1.29 is 13.2 Å². The molecule has 1 aromatic carbocycles. The molecule has 19 heavy (non-hydrogen) atoms. The van der Waals surface area contributed by atoms with Crippen LogP contribution in [0.1, 0.15) is 31.4 Å². The lowest BCUT2D eigenvalue weighted by molar-refractivity contribution is -0.122. The molecule has 1 heterocycles. The molecule has 1 aliphatic rings. The second-order valence-corrected chi connectivity index (χ2v) is 7.02. The van der Waals surface area contributed by atoms with Gasteiger partial charge in [0.25, 0.3) is 0 Å². The molecule has 0 aromatic heterocycles. The predicted molar refractivity (Wildman–Crippen MR) is 72.3 cm³/mol. The summed E-state index contributed by atoms with van der Waals surface area (Å²) in [5, 5.41) is 2.86. The standard InChI is InChI=1S/C13H18N2O3S/c1-9(14)8-13(16)15-11-6-7-19(17,18)12-5-3-2-4-10(11)12/h2-5,9,11H,6-8,14H2,1H3,(H,15,16). The number of amides is 1. The van der Waals surface area contributed by atoms with Crippen molar-refractivity contribution in [1.29, 1.82) is 0 Å². The summed E-state index contributed by atoms with van der Waals surface area (Å²) in [6.45, 7) is 1.76. The Bertz CT molecular complexity index is 581. The number of hydrogen-bond acceptors (Lipinski definition) is 4. The van der Waals surface area contributed by atoms with Gasteiger partial charge in [-0.3, -0.25) is 4.79 Å². The third-order valence-electron chi connectivity index (χ3n) is 3.15. The largest absolute Gasteiger partial charge is 0.349 e. The zero-order valence-corrected chi connectivity index (χ0v) is 11.6. The SMILES string of the molecule is CC(N)CC(=O)NC1CCS(=O)(=O)c2ccccc21. The van der Waals surface area contributed by atoms with Gasteiger partial charge in [-0.05, 0) is 25.0 Å². The monoisotopic (exact) mass is 282 g/mol. The summed E-state index contributed by atoms with van der Waals surface area (Å²) in [5.41, 5.74) is 6.25. The van der Waals surface area contributed by atoms with Crippen LogP contribution in [0, 0.1) is 0 Å². The average molecular weight is 282 g/mol. The normalized spacial score (nSPS) is 22.3. The molecule has 0 fully saturated rings. The Morgan fingerprint density at radius 1 is 1.47 bits per heavy atom. The maximum absolute atomic E-state index is 11.9. The van der Waals surface area contributed by atoms with Crippen LogP contribution in [0.5, 0.6) is 0 Å².